The number of imide groups is 1. The zero-order chi connectivity index (χ0) is 23.6. The van der Waals surface area contributed by atoms with Gasteiger partial charge in [-0.05, 0) is 69.7 Å². The zero-order valence-electron chi connectivity index (χ0n) is 16.9. The average molecular weight is 528 g/mol. The molecule has 1 N–H and O–H groups in total. The Hall–Kier alpha value is -2.79. The van der Waals surface area contributed by atoms with Gasteiger partial charge in [0.2, 0.25) is 5.91 Å². The topological polar surface area (TPSA) is 69.7 Å². The molecule has 1 heterocycles. The number of nitrogens with zero attached hydrogens (tertiary/aromatic N) is 2. The first-order valence-electron chi connectivity index (χ1n) is 9.15. The van der Waals surface area contributed by atoms with Gasteiger partial charge in [-0.2, -0.15) is 13.2 Å². The molecule has 3 rings (SSSR count). The number of carbonyl (C=O) groups is 3. The fourth-order valence-electron chi connectivity index (χ4n) is 2.88. The Balaban J connectivity index is 1.70. The number of thioether (sulfide) groups is 1. The fraction of sp³-hybridized carbons (Fsp3) is 0.190. The molecule has 11 heteroatoms. The number of halogens is 4. The van der Waals surface area contributed by atoms with Crippen molar-refractivity contribution in [3.8, 4) is 0 Å². The second-order valence-electron chi connectivity index (χ2n) is 7.00. The van der Waals surface area contributed by atoms with E-state index in [0.29, 0.717) is 17.3 Å². The summed E-state index contributed by atoms with van der Waals surface area (Å²) in [5.74, 6) is -1.43. The number of benzene rings is 2. The number of carbonyl (C=O) groups excluding carboxylic acids is 3. The van der Waals surface area contributed by atoms with E-state index in [2.05, 4.69) is 21.2 Å². The van der Waals surface area contributed by atoms with Crippen LogP contribution in [-0.4, -0.2) is 42.6 Å². The molecule has 0 saturated carbocycles. The predicted octanol–water partition coefficient (Wildman–Crippen LogP) is 5.21. The Morgan fingerprint density at radius 2 is 1.91 bits per heavy atom. The number of alkyl halides is 3. The summed E-state index contributed by atoms with van der Waals surface area (Å²) in [5, 5.41) is 1.65. The van der Waals surface area contributed by atoms with E-state index in [-0.39, 0.29) is 10.6 Å². The van der Waals surface area contributed by atoms with Crippen LogP contribution in [0.1, 0.15) is 11.1 Å². The average Bonchev–Trinajstić information content (AvgIpc) is 2.94. The molecule has 168 valence electrons. The van der Waals surface area contributed by atoms with E-state index >= 15 is 0 Å². The molecular weight excluding hydrogens is 511 g/mol. The molecule has 0 unspecified atom stereocenters. The lowest BCUT2D eigenvalue weighted by Crippen LogP contribution is -2.36. The fourth-order valence-corrected chi connectivity index (χ4v) is 4.47. The summed E-state index contributed by atoms with van der Waals surface area (Å²) in [7, 11) is 3.77. The van der Waals surface area contributed by atoms with Crippen molar-refractivity contribution in [3.05, 3.63) is 63.0 Å². The van der Waals surface area contributed by atoms with Crippen molar-refractivity contribution in [2.45, 2.75) is 6.18 Å². The SMILES string of the molecule is CN(C)c1ccc(/C=C2\SC(=O)N(CC(=O)Nc3cccc(C(F)(F)F)c3)C2=O)cc1Br. The van der Waals surface area contributed by atoms with Gasteiger partial charge < -0.3 is 10.2 Å². The van der Waals surface area contributed by atoms with Crippen molar-refractivity contribution in [1.82, 2.24) is 4.90 Å². The minimum absolute atomic E-state index is 0.0850. The number of hydrogen-bond acceptors (Lipinski definition) is 5. The van der Waals surface area contributed by atoms with Gasteiger partial charge >= 0.3 is 6.18 Å². The molecule has 6 nitrogen and oxygen atoms in total. The smallest absolute Gasteiger partial charge is 0.377 e. The summed E-state index contributed by atoms with van der Waals surface area (Å²) in [6.45, 7) is -0.610. The standard InChI is InChI=1S/C21H17BrF3N3O3S/c1-27(2)16-7-6-12(8-15(16)22)9-17-19(30)28(20(31)32-17)11-18(29)26-14-5-3-4-13(10-14)21(23,24)25/h3-10H,11H2,1-2H3,(H,26,29)/b17-9-. The normalized spacial score (nSPS) is 15.4. The third-order valence-electron chi connectivity index (χ3n) is 4.40. The van der Waals surface area contributed by atoms with E-state index in [4.69, 9.17) is 0 Å². The lowest BCUT2D eigenvalue weighted by Gasteiger charge is -2.15. The van der Waals surface area contributed by atoms with E-state index in [1.54, 1.807) is 18.2 Å². The number of rotatable bonds is 5. The van der Waals surface area contributed by atoms with Crippen molar-refractivity contribution in [2.75, 3.05) is 30.9 Å². The van der Waals surface area contributed by atoms with Gasteiger partial charge in [0, 0.05) is 24.3 Å². The molecule has 0 bridgehead atoms. The Morgan fingerprint density at radius 1 is 1.19 bits per heavy atom. The van der Waals surface area contributed by atoms with Gasteiger partial charge in [0.25, 0.3) is 11.1 Å². The number of amides is 3. The highest BCUT2D eigenvalue weighted by Crippen LogP contribution is 2.34. The number of nitrogens with one attached hydrogen (secondary N) is 1. The number of hydrogen-bond donors (Lipinski definition) is 1. The summed E-state index contributed by atoms with van der Waals surface area (Å²) >= 11 is 4.15. The summed E-state index contributed by atoms with van der Waals surface area (Å²) < 4.78 is 39.3. The molecule has 0 radical (unpaired) electrons. The largest absolute Gasteiger partial charge is 0.416 e. The van der Waals surface area contributed by atoms with Gasteiger partial charge in [-0.15, -0.1) is 0 Å². The third-order valence-corrected chi connectivity index (χ3v) is 5.94. The molecule has 2 aromatic rings. The van der Waals surface area contributed by atoms with Crippen LogP contribution in [-0.2, 0) is 15.8 Å². The predicted molar refractivity (Wildman–Crippen MR) is 121 cm³/mol. The maximum Gasteiger partial charge on any atom is 0.416 e. The second-order valence-corrected chi connectivity index (χ2v) is 8.85. The van der Waals surface area contributed by atoms with Crippen molar-refractivity contribution in [1.29, 1.82) is 0 Å². The highest BCUT2D eigenvalue weighted by atomic mass is 79.9. The van der Waals surface area contributed by atoms with Crippen LogP contribution >= 0.6 is 27.7 Å². The molecule has 3 amide bonds. The summed E-state index contributed by atoms with van der Waals surface area (Å²) in [5.41, 5.74) is 0.608. The van der Waals surface area contributed by atoms with Gasteiger partial charge in [0.15, 0.2) is 0 Å². The van der Waals surface area contributed by atoms with Crippen LogP contribution in [0, 0.1) is 0 Å². The van der Waals surface area contributed by atoms with Crippen LogP contribution < -0.4 is 10.2 Å². The van der Waals surface area contributed by atoms with E-state index < -0.39 is 35.3 Å². The molecule has 1 aliphatic heterocycles. The first-order valence-corrected chi connectivity index (χ1v) is 10.8. The van der Waals surface area contributed by atoms with Crippen LogP contribution in [0.4, 0.5) is 29.3 Å². The Labute approximate surface area is 194 Å². The van der Waals surface area contributed by atoms with Crippen molar-refractivity contribution >= 4 is 62.2 Å². The van der Waals surface area contributed by atoms with E-state index in [0.717, 1.165) is 33.3 Å². The molecule has 1 saturated heterocycles. The van der Waals surface area contributed by atoms with Crippen LogP contribution in [0.25, 0.3) is 6.08 Å². The number of anilines is 2. The molecule has 0 aromatic heterocycles. The van der Waals surface area contributed by atoms with E-state index in [1.807, 2.05) is 25.1 Å². The van der Waals surface area contributed by atoms with Gasteiger partial charge in [0.05, 0.1) is 16.2 Å². The molecule has 0 aliphatic carbocycles. The molecule has 32 heavy (non-hydrogen) atoms. The lowest BCUT2D eigenvalue weighted by molar-refractivity contribution is -0.137. The first-order chi connectivity index (χ1) is 15.0. The van der Waals surface area contributed by atoms with Crippen LogP contribution in [0.2, 0.25) is 0 Å². The molecule has 1 fully saturated rings. The van der Waals surface area contributed by atoms with Gasteiger partial charge in [-0.1, -0.05) is 12.1 Å². The van der Waals surface area contributed by atoms with Crippen molar-refractivity contribution < 1.29 is 27.6 Å². The zero-order valence-corrected chi connectivity index (χ0v) is 19.3. The quantitative estimate of drug-likeness (QED) is 0.540. The van der Waals surface area contributed by atoms with Crippen molar-refractivity contribution in [3.63, 3.8) is 0 Å². The van der Waals surface area contributed by atoms with Crippen LogP contribution in [0.5, 0.6) is 0 Å². The lowest BCUT2D eigenvalue weighted by atomic mass is 10.2. The first kappa shape index (κ1) is 23.9. The Kier molecular flexibility index (Phi) is 6.99. The maximum atomic E-state index is 12.8. The van der Waals surface area contributed by atoms with Gasteiger partial charge in [-0.25, -0.2) is 0 Å². The minimum Gasteiger partial charge on any atom is -0.377 e. The van der Waals surface area contributed by atoms with Crippen molar-refractivity contribution in [2.24, 2.45) is 0 Å². The Morgan fingerprint density at radius 3 is 2.53 bits per heavy atom. The monoisotopic (exact) mass is 527 g/mol. The summed E-state index contributed by atoms with van der Waals surface area (Å²) in [6, 6.07) is 9.53. The highest BCUT2D eigenvalue weighted by Gasteiger charge is 2.36. The maximum absolute atomic E-state index is 12.8. The van der Waals surface area contributed by atoms with E-state index in [1.165, 1.54) is 6.07 Å². The summed E-state index contributed by atoms with van der Waals surface area (Å²) in [6.07, 6.45) is -3.02. The van der Waals surface area contributed by atoms with Crippen LogP contribution in [0.3, 0.4) is 0 Å². The molecule has 1 aliphatic rings. The minimum atomic E-state index is -4.56. The molecule has 0 atom stereocenters. The Bertz CT molecular complexity index is 1120. The van der Waals surface area contributed by atoms with E-state index in [9.17, 15) is 27.6 Å². The molecule has 0 spiro atoms. The highest BCUT2D eigenvalue weighted by molar-refractivity contribution is 9.10. The van der Waals surface area contributed by atoms with Crippen LogP contribution in [0.15, 0.2) is 51.8 Å². The molecule has 2 aromatic carbocycles. The van der Waals surface area contributed by atoms with Gasteiger partial charge in [-0.3, -0.25) is 19.3 Å². The molecular formula is C21H17BrF3N3O3S. The third kappa shape index (κ3) is 5.52. The van der Waals surface area contributed by atoms with Gasteiger partial charge in [0.1, 0.15) is 6.54 Å². The summed E-state index contributed by atoms with van der Waals surface area (Å²) in [4.78, 5) is 39.9. The second kappa shape index (κ2) is 9.37.